The van der Waals surface area contributed by atoms with E-state index in [0.29, 0.717) is 13.1 Å². The molecular weight excluding hydrogens is 190 g/mol. The van der Waals surface area contributed by atoms with Crippen molar-refractivity contribution < 1.29 is 0 Å². The molecule has 1 aromatic heterocycles. The lowest BCUT2D eigenvalue weighted by Gasteiger charge is -2.08. The first-order valence-electron chi connectivity index (χ1n) is 4.79. The Bertz CT molecular complexity index is 339. The summed E-state index contributed by atoms with van der Waals surface area (Å²) in [6, 6.07) is 0. The van der Waals surface area contributed by atoms with Crippen LogP contribution in [0.15, 0.2) is 30.0 Å². The van der Waals surface area contributed by atoms with E-state index >= 15 is 0 Å². The molecule has 82 valence electrons. The van der Waals surface area contributed by atoms with Crippen LogP contribution >= 0.6 is 0 Å². The van der Waals surface area contributed by atoms with Gasteiger partial charge in [0.25, 0.3) is 0 Å². The van der Waals surface area contributed by atoms with Crippen molar-refractivity contribution in [2.24, 2.45) is 12.0 Å². The van der Waals surface area contributed by atoms with Crippen LogP contribution in [0.1, 0.15) is 5.56 Å². The molecule has 0 fully saturated rings. The summed E-state index contributed by atoms with van der Waals surface area (Å²) in [7, 11) is 3.63. The van der Waals surface area contributed by atoms with Crippen molar-refractivity contribution in [2.45, 2.75) is 6.54 Å². The molecule has 0 saturated heterocycles. The maximum atomic E-state index is 4.08. The molecule has 0 aliphatic heterocycles. The van der Waals surface area contributed by atoms with Gasteiger partial charge in [-0.15, -0.1) is 6.58 Å². The molecule has 0 atom stereocenters. The third kappa shape index (κ3) is 3.84. The Kier molecular flexibility index (Phi) is 4.40. The van der Waals surface area contributed by atoms with Gasteiger partial charge in [0, 0.05) is 38.9 Å². The van der Waals surface area contributed by atoms with Crippen LogP contribution in [-0.2, 0) is 13.6 Å². The fraction of sp³-hybridized carbons (Fsp3) is 0.400. The Hall–Kier alpha value is -1.78. The number of aliphatic imine (C=N–C) groups is 1. The lowest BCUT2D eigenvalue weighted by Crippen LogP contribution is -2.36. The van der Waals surface area contributed by atoms with Gasteiger partial charge >= 0.3 is 0 Å². The van der Waals surface area contributed by atoms with Crippen LogP contribution < -0.4 is 10.6 Å². The molecule has 0 aromatic carbocycles. The van der Waals surface area contributed by atoms with Gasteiger partial charge < -0.3 is 10.6 Å². The minimum Gasteiger partial charge on any atom is -0.353 e. The van der Waals surface area contributed by atoms with Gasteiger partial charge in [-0.3, -0.25) is 9.67 Å². The van der Waals surface area contributed by atoms with E-state index in [1.165, 1.54) is 0 Å². The third-order valence-electron chi connectivity index (χ3n) is 1.86. The highest BCUT2D eigenvalue weighted by molar-refractivity contribution is 5.79. The molecule has 1 aromatic rings. The monoisotopic (exact) mass is 207 g/mol. The van der Waals surface area contributed by atoms with E-state index in [-0.39, 0.29) is 0 Å². The number of aromatic nitrogens is 2. The van der Waals surface area contributed by atoms with Crippen molar-refractivity contribution in [3.8, 4) is 0 Å². The summed E-state index contributed by atoms with van der Waals surface area (Å²) in [5.41, 5.74) is 1.12. The van der Waals surface area contributed by atoms with E-state index in [1.807, 2.05) is 19.4 Å². The Labute approximate surface area is 89.9 Å². The van der Waals surface area contributed by atoms with Crippen molar-refractivity contribution in [2.75, 3.05) is 13.6 Å². The van der Waals surface area contributed by atoms with Crippen LogP contribution in [0.2, 0.25) is 0 Å². The van der Waals surface area contributed by atoms with Crippen molar-refractivity contribution in [1.82, 2.24) is 20.4 Å². The average molecular weight is 207 g/mol. The molecule has 5 nitrogen and oxygen atoms in total. The van der Waals surface area contributed by atoms with Gasteiger partial charge in [-0.25, -0.2) is 0 Å². The molecule has 1 rings (SSSR count). The Morgan fingerprint density at radius 3 is 3.00 bits per heavy atom. The van der Waals surface area contributed by atoms with Gasteiger partial charge in [0.1, 0.15) is 0 Å². The maximum Gasteiger partial charge on any atom is 0.191 e. The molecule has 0 aliphatic rings. The first-order valence-corrected chi connectivity index (χ1v) is 4.79. The number of hydrogen-bond acceptors (Lipinski definition) is 2. The molecule has 0 unspecified atom stereocenters. The minimum absolute atomic E-state index is 0.701. The number of rotatable bonds is 4. The second-order valence-electron chi connectivity index (χ2n) is 3.12. The number of nitrogens with one attached hydrogen (secondary N) is 2. The smallest absolute Gasteiger partial charge is 0.191 e. The first-order chi connectivity index (χ1) is 7.26. The number of hydrogen-bond donors (Lipinski definition) is 2. The lowest BCUT2D eigenvalue weighted by atomic mass is 10.4. The fourth-order valence-electron chi connectivity index (χ4n) is 1.14. The zero-order chi connectivity index (χ0) is 11.1. The summed E-state index contributed by atoms with van der Waals surface area (Å²) in [5.74, 6) is 0.763. The molecule has 0 saturated carbocycles. The molecule has 2 N–H and O–H groups in total. The summed E-state index contributed by atoms with van der Waals surface area (Å²) in [5, 5.41) is 10.3. The van der Waals surface area contributed by atoms with Crippen molar-refractivity contribution in [1.29, 1.82) is 0 Å². The van der Waals surface area contributed by atoms with Crippen LogP contribution in [0.4, 0.5) is 0 Å². The predicted molar refractivity (Wildman–Crippen MR) is 61.6 cm³/mol. The summed E-state index contributed by atoms with van der Waals surface area (Å²) in [6.07, 6.45) is 5.58. The topological polar surface area (TPSA) is 54.2 Å². The third-order valence-corrected chi connectivity index (χ3v) is 1.86. The van der Waals surface area contributed by atoms with Gasteiger partial charge in [-0.2, -0.15) is 5.10 Å². The molecule has 15 heavy (non-hydrogen) atoms. The quantitative estimate of drug-likeness (QED) is 0.423. The molecule has 1 heterocycles. The highest BCUT2D eigenvalue weighted by Crippen LogP contribution is 1.94. The van der Waals surface area contributed by atoms with Gasteiger partial charge in [0.2, 0.25) is 0 Å². The molecule has 0 aliphatic carbocycles. The van der Waals surface area contributed by atoms with Crippen LogP contribution in [0.25, 0.3) is 0 Å². The second-order valence-corrected chi connectivity index (χ2v) is 3.12. The van der Waals surface area contributed by atoms with Gasteiger partial charge in [0.15, 0.2) is 5.96 Å². The van der Waals surface area contributed by atoms with E-state index < -0.39 is 0 Å². The van der Waals surface area contributed by atoms with Crippen LogP contribution in [0.5, 0.6) is 0 Å². The summed E-state index contributed by atoms with van der Waals surface area (Å²) in [4.78, 5) is 4.07. The number of aryl methyl sites for hydroxylation is 1. The summed E-state index contributed by atoms with van der Waals surface area (Å²) < 4.78 is 1.77. The number of nitrogens with zero attached hydrogens (tertiary/aromatic N) is 3. The van der Waals surface area contributed by atoms with E-state index in [9.17, 15) is 0 Å². The van der Waals surface area contributed by atoms with Crippen molar-refractivity contribution in [3.63, 3.8) is 0 Å². The SMILES string of the molecule is C=CCNC(=NC)NCc1cnn(C)c1. The van der Waals surface area contributed by atoms with Gasteiger partial charge in [-0.1, -0.05) is 6.08 Å². The van der Waals surface area contributed by atoms with Crippen molar-refractivity contribution in [3.05, 3.63) is 30.6 Å². The van der Waals surface area contributed by atoms with Gasteiger partial charge in [0.05, 0.1) is 6.20 Å². The Morgan fingerprint density at radius 1 is 1.67 bits per heavy atom. The Balaban J connectivity index is 2.37. The largest absolute Gasteiger partial charge is 0.353 e. The van der Waals surface area contributed by atoms with E-state index in [2.05, 4.69) is 27.3 Å². The standard InChI is InChI=1S/C10H17N5/c1-4-5-12-10(11-2)13-6-9-7-14-15(3)8-9/h4,7-8H,1,5-6H2,2-3H3,(H2,11,12,13). The van der Waals surface area contributed by atoms with E-state index in [0.717, 1.165) is 11.5 Å². The molecule has 0 amide bonds. The molecule has 0 bridgehead atoms. The highest BCUT2D eigenvalue weighted by Gasteiger charge is 1.98. The zero-order valence-corrected chi connectivity index (χ0v) is 9.20. The minimum atomic E-state index is 0.701. The average Bonchev–Trinajstić information content (AvgIpc) is 2.65. The van der Waals surface area contributed by atoms with Gasteiger partial charge in [-0.05, 0) is 0 Å². The normalized spacial score (nSPS) is 11.2. The fourth-order valence-corrected chi connectivity index (χ4v) is 1.14. The van der Waals surface area contributed by atoms with Crippen LogP contribution in [0.3, 0.4) is 0 Å². The van der Waals surface area contributed by atoms with Crippen LogP contribution in [-0.4, -0.2) is 29.3 Å². The zero-order valence-electron chi connectivity index (χ0n) is 9.20. The predicted octanol–water partition coefficient (Wildman–Crippen LogP) is 0.271. The summed E-state index contributed by atoms with van der Waals surface area (Å²) in [6.45, 7) is 5.04. The molecule has 0 radical (unpaired) electrons. The van der Waals surface area contributed by atoms with E-state index in [4.69, 9.17) is 0 Å². The van der Waals surface area contributed by atoms with Crippen LogP contribution in [0, 0.1) is 0 Å². The molecular formula is C10H17N5. The number of guanidine groups is 1. The molecule has 5 heteroatoms. The lowest BCUT2D eigenvalue weighted by molar-refractivity contribution is 0.765. The maximum absolute atomic E-state index is 4.08. The van der Waals surface area contributed by atoms with Crippen molar-refractivity contribution >= 4 is 5.96 Å². The van der Waals surface area contributed by atoms with E-state index in [1.54, 1.807) is 17.8 Å². The first kappa shape index (κ1) is 11.3. The molecule has 0 spiro atoms. The summed E-state index contributed by atoms with van der Waals surface area (Å²) >= 11 is 0. The Morgan fingerprint density at radius 2 is 2.47 bits per heavy atom. The highest BCUT2D eigenvalue weighted by atomic mass is 15.2. The second kappa shape index (κ2) is 5.85.